The summed E-state index contributed by atoms with van der Waals surface area (Å²) in [6.45, 7) is 2.70. The number of aliphatic hydroxyl groups excluding tert-OH is 1. The minimum absolute atomic E-state index is 0.0853. The average molecular weight is 337 g/mol. The van der Waals surface area contributed by atoms with Crippen LogP contribution in [0.4, 0.5) is 0 Å². The molecule has 3 atom stereocenters. The molecule has 1 heterocycles. The van der Waals surface area contributed by atoms with Gasteiger partial charge in [-0.3, -0.25) is 4.79 Å². The van der Waals surface area contributed by atoms with Crippen molar-refractivity contribution in [3.05, 3.63) is 11.8 Å². The number of rotatable bonds is 8. The van der Waals surface area contributed by atoms with E-state index in [1.54, 1.807) is 0 Å². The zero-order valence-corrected chi connectivity index (χ0v) is 14.7. The summed E-state index contributed by atoms with van der Waals surface area (Å²) in [5.41, 5.74) is 0. The maximum Gasteiger partial charge on any atom is 0.286 e. The molecule has 2 N–H and O–H groups in total. The van der Waals surface area contributed by atoms with Gasteiger partial charge in [-0.15, -0.1) is 0 Å². The van der Waals surface area contributed by atoms with E-state index in [2.05, 4.69) is 5.32 Å². The summed E-state index contributed by atoms with van der Waals surface area (Å²) in [6.07, 6.45) is 10.2. The Morgan fingerprint density at radius 3 is 2.71 bits per heavy atom. The van der Waals surface area contributed by atoms with Crippen molar-refractivity contribution in [3.63, 3.8) is 0 Å². The van der Waals surface area contributed by atoms with E-state index in [1.807, 2.05) is 13.0 Å². The Balaban J connectivity index is 1.71. The quantitative estimate of drug-likeness (QED) is 0.715. The smallest absolute Gasteiger partial charge is 0.286 e. The first-order chi connectivity index (χ1) is 11.7. The number of amides is 1. The van der Waals surface area contributed by atoms with Crippen LogP contribution in [0.1, 0.15) is 58.3 Å². The maximum atomic E-state index is 12.6. The zero-order chi connectivity index (χ0) is 16.9. The van der Waals surface area contributed by atoms with E-state index in [1.165, 1.54) is 25.7 Å². The van der Waals surface area contributed by atoms with Gasteiger partial charge in [-0.25, -0.2) is 0 Å². The first kappa shape index (κ1) is 17.7. The molecule has 24 heavy (non-hydrogen) atoms. The summed E-state index contributed by atoms with van der Waals surface area (Å²) in [4.78, 5) is 12.6. The third kappa shape index (κ3) is 4.31. The maximum absolute atomic E-state index is 12.6. The third-order valence-corrected chi connectivity index (χ3v) is 5.54. The lowest BCUT2D eigenvalue weighted by molar-refractivity contribution is -0.174. The summed E-state index contributed by atoms with van der Waals surface area (Å²) in [5.74, 6) is 1.55. The summed E-state index contributed by atoms with van der Waals surface area (Å²) < 4.78 is 11.8. The van der Waals surface area contributed by atoms with Crippen LogP contribution in [-0.2, 0) is 14.3 Å². The van der Waals surface area contributed by atoms with Crippen molar-refractivity contribution < 1.29 is 19.4 Å². The van der Waals surface area contributed by atoms with E-state index >= 15 is 0 Å². The monoisotopic (exact) mass is 337 g/mol. The molecule has 0 aromatic rings. The summed E-state index contributed by atoms with van der Waals surface area (Å²) in [5, 5.41) is 12.3. The van der Waals surface area contributed by atoms with Gasteiger partial charge in [0.05, 0.1) is 0 Å². The first-order valence-electron chi connectivity index (χ1n) is 9.64. The molecule has 0 aromatic heterocycles. The second-order valence-electron chi connectivity index (χ2n) is 7.37. The minimum atomic E-state index is -0.374. The molecular formula is C19H31NO4. The molecule has 2 aliphatic carbocycles. The largest absolute Gasteiger partial charge is 0.459 e. The van der Waals surface area contributed by atoms with Crippen molar-refractivity contribution in [1.82, 2.24) is 5.32 Å². The number of allylic oxidation sites excluding steroid dienone is 1. The van der Waals surface area contributed by atoms with E-state index in [9.17, 15) is 9.90 Å². The Morgan fingerprint density at radius 2 is 2.08 bits per heavy atom. The van der Waals surface area contributed by atoms with E-state index < -0.39 is 0 Å². The Bertz CT molecular complexity index is 454. The van der Waals surface area contributed by atoms with Gasteiger partial charge in [0.15, 0.2) is 5.76 Å². The lowest BCUT2D eigenvalue weighted by Crippen LogP contribution is -2.42. The van der Waals surface area contributed by atoms with Gasteiger partial charge in [-0.05, 0) is 63.4 Å². The van der Waals surface area contributed by atoms with Gasteiger partial charge < -0.3 is 19.9 Å². The molecule has 2 fully saturated rings. The fourth-order valence-electron chi connectivity index (χ4n) is 4.13. The van der Waals surface area contributed by atoms with Gasteiger partial charge in [-0.1, -0.05) is 12.8 Å². The van der Waals surface area contributed by atoms with Crippen molar-refractivity contribution in [2.24, 2.45) is 17.8 Å². The number of nitrogens with one attached hydrogen (secondary N) is 1. The predicted octanol–water partition coefficient (Wildman–Crippen LogP) is 2.74. The van der Waals surface area contributed by atoms with Crippen molar-refractivity contribution >= 4 is 5.91 Å². The van der Waals surface area contributed by atoms with Crippen LogP contribution in [-0.4, -0.2) is 36.6 Å². The van der Waals surface area contributed by atoms with Crippen LogP contribution in [0, 0.1) is 17.8 Å². The van der Waals surface area contributed by atoms with E-state index in [-0.39, 0.29) is 24.7 Å². The summed E-state index contributed by atoms with van der Waals surface area (Å²) in [7, 11) is 0. The van der Waals surface area contributed by atoms with Crippen molar-refractivity contribution in [1.29, 1.82) is 0 Å². The minimum Gasteiger partial charge on any atom is -0.459 e. The molecule has 0 saturated heterocycles. The molecule has 5 nitrogen and oxygen atoms in total. The number of hydrogen-bond donors (Lipinski definition) is 2. The molecule has 5 heteroatoms. The zero-order valence-electron chi connectivity index (χ0n) is 14.7. The highest BCUT2D eigenvalue weighted by molar-refractivity contribution is 5.91. The van der Waals surface area contributed by atoms with Gasteiger partial charge >= 0.3 is 0 Å². The van der Waals surface area contributed by atoms with Crippen LogP contribution in [0.2, 0.25) is 0 Å². The van der Waals surface area contributed by atoms with Crippen LogP contribution in [0.3, 0.4) is 0 Å². The van der Waals surface area contributed by atoms with Gasteiger partial charge in [0, 0.05) is 25.2 Å². The molecule has 1 amide bonds. The van der Waals surface area contributed by atoms with E-state index in [0.29, 0.717) is 30.2 Å². The molecule has 0 radical (unpaired) electrons. The number of carbonyl (C=O) groups excluding carboxylic acids is 1. The molecule has 0 unspecified atom stereocenters. The first-order valence-corrected chi connectivity index (χ1v) is 9.64. The Kier molecular flexibility index (Phi) is 6.17. The molecule has 3 aliphatic rings. The summed E-state index contributed by atoms with van der Waals surface area (Å²) >= 11 is 0. The van der Waals surface area contributed by atoms with Crippen LogP contribution < -0.4 is 5.32 Å². The van der Waals surface area contributed by atoms with Crippen LogP contribution in [0.25, 0.3) is 0 Å². The van der Waals surface area contributed by atoms with Gasteiger partial charge in [0.2, 0.25) is 6.29 Å². The molecule has 0 spiro atoms. The average Bonchev–Trinajstić information content (AvgIpc) is 3.30. The highest BCUT2D eigenvalue weighted by atomic mass is 16.7. The molecule has 136 valence electrons. The third-order valence-electron chi connectivity index (χ3n) is 5.54. The highest BCUT2D eigenvalue weighted by Crippen LogP contribution is 2.47. The molecule has 2 saturated carbocycles. The Morgan fingerprint density at radius 1 is 1.33 bits per heavy atom. The van der Waals surface area contributed by atoms with Crippen LogP contribution in [0.15, 0.2) is 11.8 Å². The van der Waals surface area contributed by atoms with Crippen LogP contribution in [0.5, 0.6) is 0 Å². The number of aliphatic hydroxyl groups is 1. The lowest BCUT2D eigenvalue weighted by atomic mass is 9.82. The molecule has 1 aliphatic heterocycles. The lowest BCUT2D eigenvalue weighted by Gasteiger charge is -2.37. The van der Waals surface area contributed by atoms with Crippen molar-refractivity contribution in [3.8, 4) is 0 Å². The van der Waals surface area contributed by atoms with Crippen molar-refractivity contribution in [2.75, 3.05) is 13.2 Å². The predicted molar refractivity (Wildman–Crippen MR) is 91.0 cm³/mol. The SMILES string of the molecule is CCO[C@@H]1OC(C(=O)NC2CCCC2)=C[C@H](C2CC2)[C@H]1CCCO. The summed E-state index contributed by atoms with van der Waals surface area (Å²) in [6, 6.07) is 0.291. The second kappa shape index (κ2) is 8.34. The number of carbonyl (C=O) groups is 1. The Labute approximate surface area is 144 Å². The van der Waals surface area contributed by atoms with Gasteiger partial charge in [-0.2, -0.15) is 0 Å². The molecule has 3 rings (SSSR count). The van der Waals surface area contributed by atoms with Gasteiger partial charge in [0.25, 0.3) is 5.91 Å². The van der Waals surface area contributed by atoms with Gasteiger partial charge in [0.1, 0.15) is 0 Å². The normalized spacial score (nSPS) is 30.8. The van der Waals surface area contributed by atoms with E-state index in [4.69, 9.17) is 9.47 Å². The highest BCUT2D eigenvalue weighted by Gasteiger charge is 2.44. The standard InChI is InChI=1S/C19H31NO4/c1-2-23-19-15(8-5-11-21)16(13-9-10-13)12-17(24-19)18(22)20-14-6-3-4-7-14/h12-16,19,21H,2-11H2,1H3,(H,20,22)/t15-,16-,19-/m1/s1. The Hall–Kier alpha value is -1.07. The topological polar surface area (TPSA) is 67.8 Å². The number of hydrogen-bond acceptors (Lipinski definition) is 4. The fourth-order valence-corrected chi connectivity index (χ4v) is 4.13. The molecule has 0 aromatic carbocycles. The van der Waals surface area contributed by atoms with Crippen molar-refractivity contribution in [2.45, 2.75) is 70.6 Å². The van der Waals surface area contributed by atoms with Crippen LogP contribution >= 0.6 is 0 Å². The molecular weight excluding hydrogens is 306 g/mol. The number of ether oxygens (including phenoxy) is 2. The molecule has 0 bridgehead atoms. The second-order valence-corrected chi connectivity index (χ2v) is 7.37. The van der Waals surface area contributed by atoms with E-state index in [0.717, 1.165) is 25.7 Å². The fraction of sp³-hybridized carbons (Fsp3) is 0.842.